The van der Waals surface area contributed by atoms with Crippen molar-refractivity contribution in [3.8, 4) is 5.75 Å². The van der Waals surface area contributed by atoms with E-state index in [1.165, 1.54) is 12.8 Å². The summed E-state index contributed by atoms with van der Waals surface area (Å²) >= 11 is 0. The summed E-state index contributed by atoms with van der Waals surface area (Å²) in [5.74, 6) is 1.37. The van der Waals surface area contributed by atoms with Gasteiger partial charge in [-0.25, -0.2) is 4.68 Å². The smallest absolute Gasteiger partial charge is 0.263 e. The average Bonchev–Trinajstić information content (AvgIpc) is 3.24. The van der Waals surface area contributed by atoms with Gasteiger partial charge in [0.25, 0.3) is 5.91 Å². The molecular formula is C18H23N3O2. The summed E-state index contributed by atoms with van der Waals surface area (Å²) in [5.41, 5.74) is 1.11. The van der Waals surface area contributed by atoms with E-state index in [1.54, 1.807) is 6.20 Å². The molecule has 1 saturated carbocycles. The summed E-state index contributed by atoms with van der Waals surface area (Å²) in [5, 5.41) is 7.27. The Kier molecular flexibility index (Phi) is 4.95. The largest absolute Gasteiger partial charge is 0.483 e. The van der Waals surface area contributed by atoms with Gasteiger partial charge in [-0.05, 0) is 30.9 Å². The minimum absolute atomic E-state index is 0.00681. The van der Waals surface area contributed by atoms with Crippen LogP contribution in [0.4, 0.5) is 5.82 Å². The molecule has 0 spiro atoms. The zero-order chi connectivity index (χ0) is 16.1. The molecule has 1 heterocycles. The van der Waals surface area contributed by atoms with E-state index in [2.05, 4.69) is 17.3 Å². The van der Waals surface area contributed by atoms with Crippen molar-refractivity contribution in [2.75, 3.05) is 11.9 Å². The van der Waals surface area contributed by atoms with Crippen LogP contribution in [0.25, 0.3) is 0 Å². The van der Waals surface area contributed by atoms with E-state index < -0.39 is 0 Å². The molecule has 1 aliphatic rings. The topological polar surface area (TPSA) is 56.1 Å². The molecule has 5 nitrogen and oxygen atoms in total. The first-order valence-corrected chi connectivity index (χ1v) is 8.32. The Morgan fingerprint density at radius 2 is 2.09 bits per heavy atom. The first kappa shape index (κ1) is 15.6. The normalized spacial score (nSPS) is 14.8. The lowest BCUT2D eigenvalue weighted by Crippen LogP contribution is -2.23. The number of ether oxygens (including phenoxy) is 1. The molecule has 1 amide bonds. The zero-order valence-corrected chi connectivity index (χ0v) is 13.5. The van der Waals surface area contributed by atoms with E-state index >= 15 is 0 Å². The maximum absolute atomic E-state index is 12.2. The highest BCUT2D eigenvalue weighted by atomic mass is 16.5. The predicted octanol–water partition coefficient (Wildman–Crippen LogP) is 3.58. The third-order valence-electron chi connectivity index (χ3n) is 4.32. The van der Waals surface area contributed by atoms with Crippen molar-refractivity contribution in [3.05, 3.63) is 42.1 Å². The average molecular weight is 313 g/mol. The third-order valence-corrected chi connectivity index (χ3v) is 4.32. The number of amides is 1. The lowest BCUT2D eigenvalue weighted by atomic mass is 10.1. The van der Waals surface area contributed by atoms with E-state index in [9.17, 15) is 4.79 Å². The van der Waals surface area contributed by atoms with Gasteiger partial charge in [0.05, 0.1) is 12.2 Å². The number of anilines is 1. The molecule has 0 bridgehead atoms. The molecule has 1 N–H and O–H groups in total. The Bertz CT molecular complexity index is 660. The van der Waals surface area contributed by atoms with Crippen molar-refractivity contribution in [1.82, 2.24) is 9.78 Å². The third kappa shape index (κ3) is 3.73. The summed E-state index contributed by atoms with van der Waals surface area (Å²) in [4.78, 5) is 12.2. The van der Waals surface area contributed by atoms with Crippen LogP contribution in [-0.4, -0.2) is 22.3 Å². The highest BCUT2D eigenvalue weighted by molar-refractivity contribution is 5.91. The molecule has 0 saturated heterocycles. The van der Waals surface area contributed by atoms with Crippen molar-refractivity contribution in [3.63, 3.8) is 0 Å². The monoisotopic (exact) mass is 313 g/mol. The Balaban J connectivity index is 1.58. The quantitative estimate of drug-likeness (QED) is 0.887. The number of rotatable bonds is 6. The van der Waals surface area contributed by atoms with Crippen LogP contribution < -0.4 is 10.1 Å². The van der Waals surface area contributed by atoms with Crippen LogP contribution in [0, 0.1) is 0 Å². The van der Waals surface area contributed by atoms with Gasteiger partial charge in [-0.3, -0.25) is 4.79 Å². The van der Waals surface area contributed by atoms with Crippen LogP contribution in [0.3, 0.4) is 0 Å². The highest BCUT2D eigenvalue weighted by Crippen LogP contribution is 2.31. The van der Waals surface area contributed by atoms with Gasteiger partial charge in [0.2, 0.25) is 0 Å². The molecule has 5 heteroatoms. The summed E-state index contributed by atoms with van der Waals surface area (Å²) in [6.07, 6.45) is 7.34. The van der Waals surface area contributed by atoms with E-state index in [0.29, 0.717) is 6.04 Å². The summed E-state index contributed by atoms with van der Waals surface area (Å²) in [7, 11) is 0. The van der Waals surface area contributed by atoms with Crippen LogP contribution in [0.5, 0.6) is 5.75 Å². The molecule has 0 atom stereocenters. The molecular weight excluding hydrogens is 290 g/mol. The minimum atomic E-state index is -0.157. The van der Waals surface area contributed by atoms with Gasteiger partial charge in [-0.2, -0.15) is 5.10 Å². The fourth-order valence-corrected chi connectivity index (χ4v) is 3.11. The second-order valence-corrected chi connectivity index (χ2v) is 5.90. The predicted molar refractivity (Wildman–Crippen MR) is 89.7 cm³/mol. The molecule has 0 radical (unpaired) electrons. The van der Waals surface area contributed by atoms with Crippen LogP contribution >= 0.6 is 0 Å². The van der Waals surface area contributed by atoms with Gasteiger partial charge in [0.15, 0.2) is 6.61 Å². The number of hydrogen-bond acceptors (Lipinski definition) is 3. The fourth-order valence-electron chi connectivity index (χ4n) is 3.11. The number of carbonyl (C=O) groups excluding carboxylic acids is 1. The second-order valence-electron chi connectivity index (χ2n) is 5.90. The first-order valence-electron chi connectivity index (χ1n) is 8.32. The number of aryl methyl sites for hydroxylation is 1. The zero-order valence-electron chi connectivity index (χ0n) is 13.5. The number of carbonyl (C=O) groups is 1. The molecule has 1 fully saturated rings. The maximum Gasteiger partial charge on any atom is 0.263 e. The fraction of sp³-hybridized carbons (Fsp3) is 0.444. The van der Waals surface area contributed by atoms with Crippen LogP contribution in [-0.2, 0) is 11.2 Å². The van der Waals surface area contributed by atoms with Gasteiger partial charge in [0.1, 0.15) is 11.6 Å². The van der Waals surface area contributed by atoms with Crippen LogP contribution in [0.15, 0.2) is 36.5 Å². The van der Waals surface area contributed by atoms with Gasteiger partial charge < -0.3 is 10.1 Å². The van der Waals surface area contributed by atoms with Crippen molar-refractivity contribution in [2.45, 2.75) is 45.1 Å². The molecule has 1 aromatic heterocycles. The van der Waals surface area contributed by atoms with Crippen LogP contribution in [0.2, 0.25) is 0 Å². The maximum atomic E-state index is 12.2. The SMILES string of the molecule is CCc1ccccc1OCC(=O)Nc1ccnn1C1CCCC1. The number of hydrogen-bond donors (Lipinski definition) is 1. The lowest BCUT2D eigenvalue weighted by Gasteiger charge is -2.15. The molecule has 1 aliphatic carbocycles. The second kappa shape index (κ2) is 7.31. The summed E-state index contributed by atoms with van der Waals surface area (Å²) < 4.78 is 7.60. The van der Waals surface area contributed by atoms with E-state index in [0.717, 1.165) is 36.4 Å². The number of benzene rings is 1. The minimum Gasteiger partial charge on any atom is -0.483 e. The molecule has 1 aromatic carbocycles. The Morgan fingerprint density at radius 3 is 2.87 bits per heavy atom. The van der Waals surface area contributed by atoms with Gasteiger partial charge in [0, 0.05) is 6.07 Å². The van der Waals surface area contributed by atoms with Crippen molar-refractivity contribution in [2.24, 2.45) is 0 Å². The molecule has 3 rings (SSSR count). The lowest BCUT2D eigenvalue weighted by molar-refractivity contribution is -0.118. The Morgan fingerprint density at radius 1 is 1.30 bits per heavy atom. The summed E-state index contributed by atoms with van der Waals surface area (Å²) in [6.45, 7) is 2.08. The number of nitrogens with one attached hydrogen (secondary N) is 1. The van der Waals surface area contributed by atoms with E-state index in [4.69, 9.17) is 4.74 Å². The number of nitrogens with zero attached hydrogens (tertiary/aromatic N) is 2. The molecule has 23 heavy (non-hydrogen) atoms. The summed E-state index contributed by atoms with van der Waals surface area (Å²) in [6, 6.07) is 10.1. The van der Waals surface area contributed by atoms with Gasteiger partial charge in [-0.1, -0.05) is 38.0 Å². The van der Waals surface area contributed by atoms with Gasteiger partial charge >= 0.3 is 0 Å². The Hall–Kier alpha value is -2.30. The molecule has 0 aliphatic heterocycles. The number of aromatic nitrogens is 2. The van der Waals surface area contributed by atoms with Gasteiger partial charge in [-0.15, -0.1) is 0 Å². The van der Waals surface area contributed by atoms with Crippen LogP contribution in [0.1, 0.15) is 44.2 Å². The van der Waals surface area contributed by atoms with E-state index in [-0.39, 0.29) is 12.5 Å². The van der Waals surface area contributed by atoms with E-state index in [1.807, 2.05) is 35.0 Å². The standard InChI is InChI=1S/C18H23N3O2/c1-2-14-7-3-6-10-16(14)23-13-18(22)20-17-11-12-19-21(17)15-8-4-5-9-15/h3,6-7,10-12,15H,2,4-5,8-9,13H2,1H3,(H,20,22). The van der Waals surface area contributed by atoms with Crippen molar-refractivity contribution < 1.29 is 9.53 Å². The van der Waals surface area contributed by atoms with Crippen molar-refractivity contribution >= 4 is 11.7 Å². The number of para-hydroxylation sites is 1. The highest BCUT2D eigenvalue weighted by Gasteiger charge is 2.20. The van der Waals surface area contributed by atoms with Crippen molar-refractivity contribution in [1.29, 1.82) is 0 Å². The first-order chi connectivity index (χ1) is 11.3. The Labute approximate surface area is 136 Å². The molecule has 0 unspecified atom stereocenters. The molecule has 2 aromatic rings. The molecule has 122 valence electrons.